The van der Waals surface area contributed by atoms with Crippen molar-refractivity contribution >= 4 is 17.0 Å². The van der Waals surface area contributed by atoms with E-state index in [0.29, 0.717) is 12.2 Å². The van der Waals surface area contributed by atoms with Crippen LogP contribution in [0.3, 0.4) is 0 Å². The van der Waals surface area contributed by atoms with Crippen LogP contribution in [0.5, 0.6) is 0 Å². The summed E-state index contributed by atoms with van der Waals surface area (Å²) < 4.78 is 13.3. The number of carboxylic acid groups (broad SMARTS) is 1. The molecule has 2 N–H and O–H groups in total. The molecule has 2 rings (SSSR count). The maximum absolute atomic E-state index is 13.3. The smallest absolute Gasteiger partial charge is 0.337 e. The lowest BCUT2D eigenvalue weighted by Crippen LogP contribution is -1.98. The van der Waals surface area contributed by atoms with Gasteiger partial charge < -0.3 is 10.1 Å². The number of H-pyrrole nitrogens is 1. The topological polar surface area (TPSA) is 66.0 Å². The molecule has 0 amide bonds. The van der Waals surface area contributed by atoms with Gasteiger partial charge in [-0.15, -0.1) is 0 Å². The van der Waals surface area contributed by atoms with Crippen molar-refractivity contribution in [2.75, 3.05) is 0 Å². The number of hydrogen-bond donors (Lipinski definition) is 2. The zero-order chi connectivity index (χ0) is 11.0. The summed E-state index contributed by atoms with van der Waals surface area (Å²) >= 11 is 0. The van der Waals surface area contributed by atoms with Gasteiger partial charge in [-0.1, -0.05) is 6.92 Å². The average Bonchev–Trinajstić information content (AvgIpc) is 2.62. The fraction of sp³-hybridized carbons (Fsp3) is 0.200. The molecule has 0 radical (unpaired) electrons. The molecular formula is C10H9FN2O2. The van der Waals surface area contributed by atoms with E-state index in [4.69, 9.17) is 5.11 Å². The molecule has 0 unspecified atom stereocenters. The lowest BCUT2D eigenvalue weighted by molar-refractivity contribution is 0.0699. The van der Waals surface area contributed by atoms with Crippen LogP contribution >= 0.6 is 0 Å². The third kappa shape index (κ3) is 1.45. The standard InChI is InChI=1S/C10H9FN2O2/c1-2-7-12-8-5(10(14)15)3-4-6(11)9(8)13-7/h3-4H,2H2,1H3,(H,12,13)(H,14,15). The van der Waals surface area contributed by atoms with Gasteiger partial charge in [0.1, 0.15) is 22.7 Å². The van der Waals surface area contributed by atoms with E-state index in [2.05, 4.69) is 9.97 Å². The van der Waals surface area contributed by atoms with Gasteiger partial charge in [-0.2, -0.15) is 0 Å². The van der Waals surface area contributed by atoms with E-state index in [1.54, 1.807) is 0 Å². The Balaban J connectivity index is 2.80. The number of halogens is 1. The Kier molecular flexibility index (Phi) is 2.15. The summed E-state index contributed by atoms with van der Waals surface area (Å²) in [4.78, 5) is 17.6. The first-order valence-electron chi connectivity index (χ1n) is 4.54. The number of nitrogens with one attached hydrogen (secondary N) is 1. The van der Waals surface area contributed by atoms with Gasteiger partial charge in [0.25, 0.3) is 0 Å². The molecule has 0 fully saturated rings. The van der Waals surface area contributed by atoms with E-state index in [0.717, 1.165) is 6.07 Å². The molecular weight excluding hydrogens is 199 g/mol. The molecule has 0 bridgehead atoms. The van der Waals surface area contributed by atoms with E-state index in [9.17, 15) is 9.18 Å². The fourth-order valence-corrected chi connectivity index (χ4v) is 1.45. The molecule has 0 saturated heterocycles. The number of aryl methyl sites for hydroxylation is 1. The number of imidazole rings is 1. The van der Waals surface area contributed by atoms with Crippen LogP contribution in [-0.2, 0) is 6.42 Å². The van der Waals surface area contributed by atoms with Crippen LogP contribution in [0, 0.1) is 5.82 Å². The quantitative estimate of drug-likeness (QED) is 0.792. The summed E-state index contributed by atoms with van der Waals surface area (Å²) in [5.41, 5.74) is 0.355. The van der Waals surface area contributed by atoms with Crippen LogP contribution in [0.4, 0.5) is 4.39 Å². The highest BCUT2D eigenvalue weighted by Gasteiger charge is 2.15. The highest BCUT2D eigenvalue weighted by molar-refractivity contribution is 6.01. The van der Waals surface area contributed by atoms with E-state index >= 15 is 0 Å². The molecule has 0 aliphatic rings. The van der Waals surface area contributed by atoms with Crippen LogP contribution in [0.2, 0.25) is 0 Å². The molecule has 0 atom stereocenters. The van der Waals surface area contributed by atoms with Crippen LogP contribution in [0.15, 0.2) is 12.1 Å². The van der Waals surface area contributed by atoms with E-state index in [1.807, 2.05) is 6.92 Å². The molecule has 1 aromatic heterocycles. The van der Waals surface area contributed by atoms with E-state index < -0.39 is 11.8 Å². The van der Waals surface area contributed by atoms with Crippen molar-refractivity contribution in [3.63, 3.8) is 0 Å². The Labute approximate surface area is 84.8 Å². The molecule has 0 aliphatic carbocycles. The molecule has 4 nitrogen and oxygen atoms in total. The maximum atomic E-state index is 13.3. The molecule has 78 valence electrons. The number of aromatic nitrogens is 2. The van der Waals surface area contributed by atoms with Crippen molar-refractivity contribution in [3.05, 3.63) is 29.3 Å². The minimum Gasteiger partial charge on any atom is -0.478 e. The minimum atomic E-state index is -1.10. The number of benzene rings is 1. The molecule has 1 aromatic carbocycles. The predicted octanol–water partition coefficient (Wildman–Crippen LogP) is 1.96. The number of hydrogen-bond acceptors (Lipinski definition) is 2. The van der Waals surface area contributed by atoms with Crippen LogP contribution < -0.4 is 0 Å². The molecule has 5 heteroatoms. The summed E-state index contributed by atoms with van der Waals surface area (Å²) in [6.45, 7) is 1.86. The summed E-state index contributed by atoms with van der Waals surface area (Å²) in [6.07, 6.45) is 0.604. The third-order valence-electron chi connectivity index (χ3n) is 2.21. The summed E-state index contributed by atoms with van der Waals surface area (Å²) in [5, 5.41) is 8.88. The first-order valence-corrected chi connectivity index (χ1v) is 4.54. The van der Waals surface area contributed by atoms with E-state index in [1.165, 1.54) is 6.07 Å². The van der Waals surface area contributed by atoms with Gasteiger partial charge in [0.05, 0.1) is 5.56 Å². The SMILES string of the molecule is CCc1nc2c(C(=O)O)ccc(F)c2[nH]1. The zero-order valence-corrected chi connectivity index (χ0v) is 8.04. The second-order valence-corrected chi connectivity index (χ2v) is 3.16. The zero-order valence-electron chi connectivity index (χ0n) is 8.04. The fourth-order valence-electron chi connectivity index (χ4n) is 1.45. The molecule has 0 spiro atoms. The lowest BCUT2D eigenvalue weighted by atomic mass is 10.2. The molecule has 1 heterocycles. The lowest BCUT2D eigenvalue weighted by Gasteiger charge is -1.95. The van der Waals surface area contributed by atoms with Crippen molar-refractivity contribution in [3.8, 4) is 0 Å². The van der Waals surface area contributed by atoms with Crippen molar-refractivity contribution in [1.82, 2.24) is 9.97 Å². The van der Waals surface area contributed by atoms with Gasteiger partial charge >= 0.3 is 5.97 Å². The summed E-state index contributed by atoms with van der Waals surface area (Å²) in [6, 6.07) is 2.35. The number of carbonyl (C=O) groups is 1. The number of carboxylic acids is 1. The first kappa shape index (κ1) is 9.64. The van der Waals surface area contributed by atoms with Crippen molar-refractivity contribution in [2.45, 2.75) is 13.3 Å². The van der Waals surface area contributed by atoms with Gasteiger partial charge in [-0.25, -0.2) is 14.2 Å². The van der Waals surface area contributed by atoms with Crippen LogP contribution in [-0.4, -0.2) is 21.0 Å². The Morgan fingerprint density at radius 2 is 2.33 bits per heavy atom. The second kappa shape index (κ2) is 3.34. The van der Waals surface area contributed by atoms with Gasteiger partial charge in [-0.3, -0.25) is 0 Å². The Morgan fingerprint density at radius 3 is 2.93 bits per heavy atom. The predicted molar refractivity (Wildman–Crippen MR) is 52.4 cm³/mol. The molecule has 15 heavy (non-hydrogen) atoms. The number of aromatic carboxylic acids is 1. The average molecular weight is 208 g/mol. The van der Waals surface area contributed by atoms with Crippen LogP contribution in [0.1, 0.15) is 23.1 Å². The Hall–Kier alpha value is -1.91. The minimum absolute atomic E-state index is 0.0161. The van der Waals surface area contributed by atoms with Crippen molar-refractivity contribution < 1.29 is 14.3 Å². The normalized spacial score (nSPS) is 10.8. The van der Waals surface area contributed by atoms with Crippen molar-refractivity contribution in [1.29, 1.82) is 0 Å². The Bertz CT molecular complexity index is 533. The third-order valence-corrected chi connectivity index (χ3v) is 2.21. The summed E-state index contributed by atoms with van der Waals surface area (Å²) in [5.74, 6) is -1.01. The van der Waals surface area contributed by atoms with Crippen LogP contribution in [0.25, 0.3) is 11.0 Å². The number of aromatic amines is 1. The number of nitrogens with zero attached hydrogens (tertiary/aromatic N) is 1. The largest absolute Gasteiger partial charge is 0.478 e. The van der Waals surface area contributed by atoms with E-state index in [-0.39, 0.29) is 16.6 Å². The number of rotatable bonds is 2. The molecule has 2 aromatic rings. The highest BCUT2D eigenvalue weighted by Crippen LogP contribution is 2.20. The van der Waals surface area contributed by atoms with Gasteiger partial charge in [0.2, 0.25) is 0 Å². The van der Waals surface area contributed by atoms with Gasteiger partial charge in [-0.05, 0) is 12.1 Å². The van der Waals surface area contributed by atoms with Gasteiger partial charge in [0.15, 0.2) is 0 Å². The second-order valence-electron chi connectivity index (χ2n) is 3.16. The Morgan fingerprint density at radius 1 is 1.60 bits per heavy atom. The summed E-state index contributed by atoms with van der Waals surface area (Å²) in [7, 11) is 0. The monoisotopic (exact) mass is 208 g/mol. The maximum Gasteiger partial charge on any atom is 0.337 e. The molecule has 0 aliphatic heterocycles. The van der Waals surface area contributed by atoms with Gasteiger partial charge in [0, 0.05) is 6.42 Å². The first-order chi connectivity index (χ1) is 7.13. The highest BCUT2D eigenvalue weighted by atomic mass is 19.1. The number of fused-ring (bicyclic) bond motifs is 1. The van der Waals surface area contributed by atoms with Crippen molar-refractivity contribution in [2.24, 2.45) is 0 Å². The molecule has 0 saturated carbocycles.